The van der Waals surface area contributed by atoms with Gasteiger partial charge in [-0.2, -0.15) is 4.31 Å². The Morgan fingerprint density at radius 1 is 0.968 bits per heavy atom. The molecule has 1 aromatic carbocycles. The van der Waals surface area contributed by atoms with E-state index in [0.717, 1.165) is 52.2 Å². The zero-order valence-corrected chi connectivity index (χ0v) is 19.1. The summed E-state index contributed by atoms with van der Waals surface area (Å²) in [5, 5.41) is 0.0601. The van der Waals surface area contributed by atoms with Gasteiger partial charge in [0.2, 0.25) is 5.09 Å². The molecule has 0 bridgehead atoms. The third kappa shape index (κ3) is 5.75. The van der Waals surface area contributed by atoms with Crippen LogP contribution < -0.4 is 0 Å². The van der Waals surface area contributed by atoms with Crippen molar-refractivity contribution in [2.75, 3.05) is 45.9 Å². The highest BCUT2D eigenvalue weighted by molar-refractivity contribution is 7.89. The van der Waals surface area contributed by atoms with Crippen molar-refractivity contribution in [1.82, 2.24) is 14.1 Å². The van der Waals surface area contributed by atoms with Crippen LogP contribution in [0.4, 0.5) is 0 Å². The van der Waals surface area contributed by atoms with Crippen molar-refractivity contribution in [1.29, 1.82) is 0 Å². The number of sulfonamides is 1. The Bertz CT molecular complexity index is 919. The van der Waals surface area contributed by atoms with Gasteiger partial charge in [0.05, 0.1) is 19.8 Å². The highest BCUT2D eigenvalue weighted by atomic mass is 32.2. The first-order chi connectivity index (χ1) is 15.0. The van der Waals surface area contributed by atoms with E-state index < -0.39 is 10.0 Å². The molecule has 2 aromatic rings. The minimum Gasteiger partial charge on any atom is -0.447 e. The molecular formula is C23H33N3O4S. The Labute approximate surface area is 185 Å². The van der Waals surface area contributed by atoms with Crippen LogP contribution in [-0.4, -0.2) is 74.5 Å². The Morgan fingerprint density at radius 2 is 1.68 bits per heavy atom. The average molecular weight is 448 g/mol. The summed E-state index contributed by atoms with van der Waals surface area (Å²) < 4.78 is 38.5. The van der Waals surface area contributed by atoms with E-state index in [4.69, 9.17) is 9.15 Å². The Balaban J connectivity index is 1.48. The van der Waals surface area contributed by atoms with Crippen LogP contribution >= 0.6 is 0 Å². The molecular weight excluding hydrogens is 414 g/mol. The molecule has 1 unspecified atom stereocenters. The van der Waals surface area contributed by atoms with Crippen molar-refractivity contribution in [2.24, 2.45) is 0 Å². The molecule has 0 N–H and O–H groups in total. The van der Waals surface area contributed by atoms with Gasteiger partial charge in [-0.15, -0.1) is 0 Å². The van der Waals surface area contributed by atoms with Crippen LogP contribution in [0.25, 0.3) is 0 Å². The molecule has 2 aliphatic rings. The fraction of sp³-hybridized carbons (Fsp3) is 0.565. The van der Waals surface area contributed by atoms with Gasteiger partial charge in [-0.25, -0.2) is 8.42 Å². The first-order valence-electron chi connectivity index (χ1n) is 11.2. The number of benzene rings is 1. The Hall–Kier alpha value is -1.71. The number of hydrogen-bond acceptors (Lipinski definition) is 6. The van der Waals surface area contributed by atoms with Crippen molar-refractivity contribution in [2.45, 2.75) is 44.0 Å². The second-order valence-electron chi connectivity index (χ2n) is 8.48. The number of rotatable bonds is 9. The molecule has 0 aliphatic carbocycles. The summed E-state index contributed by atoms with van der Waals surface area (Å²) in [6.45, 7) is 9.12. The Kier molecular flexibility index (Phi) is 7.45. The van der Waals surface area contributed by atoms with Gasteiger partial charge < -0.3 is 9.15 Å². The molecule has 4 rings (SSSR count). The van der Waals surface area contributed by atoms with Crippen molar-refractivity contribution in [3.05, 3.63) is 53.8 Å². The van der Waals surface area contributed by atoms with E-state index in [2.05, 4.69) is 28.9 Å². The monoisotopic (exact) mass is 447 g/mol. The zero-order valence-electron chi connectivity index (χ0n) is 18.3. The maximum atomic E-state index is 12.8. The number of nitrogens with zero attached hydrogens (tertiary/aromatic N) is 3. The number of morpholine rings is 1. The van der Waals surface area contributed by atoms with Gasteiger partial charge in [-0.05, 0) is 37.5 Å². The van der Waals surface area contributed by atoms with Crippen LogP contribution in [0.15, 0.2) is 52.0 Å². The van der Waals surface area contributed by atoms with E-state index in [1.807, 2.05) is 24.3 Å². The van der Waals surface area contributed by atoms with Crippen molar-refractivity contribution >= 4 is 10.0 Å². The molecule has 31 heavy (non-hydrogen) atoms. The zero-order chi connectivity index (χ0) is 21.7. The van der Waals surface area contributed by atoms with Gasteiger partial charge in [0.25, 0.3) is 10.0 Å². The van der Waals surface area contributed by atoms with Crippen LogP contribution in [-0.2, 0) is 27.8 Å². The minimum atomic E-state index is -3.53. The SMILES string of the molecule is CC(CN1CCOCC1)N(Cc1ccccc1)Cc1ccc(S(=O)(=O)N2CCCC2)o1. The lowest BCUT2D eigenvalue weighted by Crippen LogP contribution is -2.45. The summed E-state index contributed by atoms with van der Waals surface area (Å²) in [5.74, 6) is 0.683. The van der Waals surface area contributed by atoms with E-state index in [1.165, 1.54) is 9.87 Å². The van der Waals surface area contributed by atoms with Crippen molar-refractivity contribution < 1.29 is 17.6 Å². The molecule has 0 radical (unpaired) electrons. The normalized spacial score (nSPS) is 19.8. The van der Waals surface area contributed by atoms with Gasteiger partial charge in [0, 0.05) is 45.3 Å². The summed E-state index contributed by atoms with van der Waals surface area (Å²) in [7, 11) is -3.53. The first-order valence-corrected chi connectivity index (χ1v) is 12.6. The molecule has 2 fully saturated rings. The van der Waals surface area contributed by atoms with Gasteiger partial charge in [0.15, 0.2) is 0 Å². The van der Waals surface area contributed by atoms with E-state index in [9.17, 15) is 8.42 Å². The maximum absolute atomic E-state index is 12.8. The predicted octanol–water partition coefficient (Wildman–Crippen LogP) is 2.79. The topological polar surface area (TPSA) is 66.2 Å². The average Bonchev–Trinajstić information content (AvgIpc) is 3.48. The highest BCUT2D eigenvalue weighted by Gasteiger charge is 2.30. The molecule has 0 amide bonds. The standard InChI is InChI=1S/C23H33N3O4S/c1-20(17-24-13-15-29-16-14-24)25(18-21-7-3-2-4-8-21)19-22-9-10-23(30-22)31(27,28)26-11-5-6-12-26/h2-4,7-10,20H,5-6,11-19H2,1H3. The summed E-state index contributed by atoms with van der Waals surface area (Å²) in [6.07, 6.45) is 1.83. The van der Waals surface area contributed by atoms with Crippen LogP contribution in [0, 0.1) is 0 Å². The van der Waals surface area contributed by atoms with Gasteiger partial charge in [-0.1, -0.05) is 30.3 Å². The molecule has 0 saturated carbocycles. The molecule has 2 saturated heterocycles. The largest absolute Gasteiger partial charge is 0.447 e. The van der Waals surface area contributed by atoms with Crippen LogP contribution in [0.1, 0.15) is 31.1 Å². The van der Waals surface area contributed by atoms with Gasteiger partial charge in [0.1, 0.15) is 5.76 Å². The summed E-state index contributed by atoms with van der Waals surface area (Å²) in [5.41, 5.74) is 1.23. The van der Waals surface area contributed by atoms with Crippen LogP contribution in [0.3, 0.4) is 0 Å². The van der Waals surface area contributed by atoms with Crippen molar-refractivity contribution in [3.8, 4) is 0 Å². The molecule has 1 atom stereocenters. The highest BCUT2D eigenvalue weighted by Crippen LogP contribution is 2.24. The van der Waals surface area contributed by atoms with E-state index >= 15 is 0 Å². The predicted molar refractivity (Wildman–Crippen MR) is 119 cm³/mol. The summed E-state index contributed by atoms with van der Waals surface area (Å²) >= 11 is 0. The number of hydrogen-bond donors (Lipinski definition) is 0. The van der Waals surface area contributed by atoms with Crippen molar-refractivity contribution in [3.63, 3.8) is 0 Å². The molecule has 0 spiro atoms. The van der Waals surface area contributed by atoms with Crippen LogP contribution in [0.5, 0.6) is 0 Å². The minimum absolute atomic E-state index is 0.0601. The van der Waals surface area contributed by atoms with E-state index in [0.29, 0.717) is 25.4 Å². The fourth-order valence-electron chi connectivity index (χ4n) is 4.30. The van der Waals surface area contributed by atoms with E-state index in [-0.39, 0.29) is 11.1 Å². The second kappa shape index (κ2) is 10.3. The summed E-state index contributed by atoms with van der Waals surface area (Å²) in [6, 6.07) is 14.1. The van der Waals surface area contributed by atoms with E-state index in [1.54, 1.807) is 6.07 Å². The lowest BCUT2D eigenvalue weighted by atomic mass is 10.1. The fourth-order valence-corrected chi connectivity index (χ4v) is 5.74. The number of ether oxygens (including phenoxy) is 1. The first kappa shape index (κ1) is 22.5. The molecule has 1 aromatic heterocycles. The van der Waals surface area contributed by atoms with Gasteiger partial charge in [-0.3, -0.25) is 9.80 Å². The number of furan rings is 1. The third-order valence-corrected chi connectivity index (χ3v) is 7.91. The molecule has 3 heterocycles. The molecule has 8 heteroatoms. The lowest BCUT2D eigenvalue weighted by Gasteiger charge is -2.34. The smallest absolute Gasteiger partial charge is 0.276 e. The quantitative estimate of drug-likeness (QED) is 0.589. The maximum Gasteiger partial charge on any atom is 0.276 e. The van der Waals surface area contributed by atoms with Gasteiger partial charge >= 0.3 is 0 Å². The molecule has 170 valence electrons. The third-order valence-electron chi connectivity index (χ3n) is 6.13. The Morgan fingerprint density at radius 3 is 2.39 bits per heavy atom. The molecule has 2 aliphatic heterocycles. The second-order valence-corrected chi connectivity index (χ2v) is 10.4. The lowest BCUT2D eigenvalue weighted by molar-refractivity contribution is 0.0217. The molecule has 7 nitrogen and oxygen atoms in total. The van der Waals surface area contributed by atoms with Crippen LogP contribution in [0.2, 0.25) is 0 Å². The summed E-state index contributed by atoms with van der Waals surface area (Å²) in [4.78, 5) is 4.79.